The Bertz CT molecular complexity index is 210. The van der Waals surface area contributed by atoms with Crippen molar-refractivity contribution in [3.05, 3.63) is 0 Å². The molecule has 0 aliphatic heterocycles. The summed E-state index contributed by atoms with van der Waals surface area (Å²) < 4.78 is 11.4. The van der Waals surface area contributed by atoms with Crippen molar-refractivity contribution >= 4 is 28.5 Å². The monoisotopic (exact) mass is 251 g/mol. The molecule has 2 atom stereocenters. The molecule has 0 bridgehead atoms. The Morgan fingerprint density at radius 1 is 1.33 bits per heavy atom. The summed E-state index contributed by atoms with van der Waals surface area (Å²) >= 11 is 3.91. The van der Waals surface area contributed by atoms with Crippen molar-refractivity contribution in [3.8, 4) is 0 Å². The Kier molecular flexibility index (Phi) is 9.44. The third kappa shape index (κ3) is 7.09. The second-order valence-corrected chi connectivity index (χ2v) is 5.44. The van der Waals surface area contributed by atoms with Gasteiger partial charge < -0.3 is 5.73 Å². The van der Waals surface area contributed by atoms with E-state index >= 15 is 0 Å². The van der Waals surface area contributed by atoms with Crippen LogP contribution in [0.25, 0.3) is 0 Å². The zero-order chi connectivity index (χ0) is 11.7. The van der Waals surface area contributed by atoms with E-state index in [1.54, 1.807) is 0 Å². The highest BCUT2D eigenvalue weighted by atomic mass is 32.2. The molecule has 0 heterocycles. The van der Waals surface area contributed by atoms with Crippen LogP contribution >= 0.6 is 12.6 Å². The first-order valence-corrected chi connectivity index (χ1v) is 7.37. The molecule has 0 aromatic carbocycles. The lowest BCUT2D eigenvalue weighted by Gasteiger charge is -2.06. The first-order valence-electron chi connectivity index (χ1n) is 5.42. The topological polar surface area (TPSA) is 60.2 Å². The van der Waals surface area contributed by atoms with E-state index in [2.05, 4.69) is 19.6 Å². The minimum Gasteiger partial charge on any atom is -0.320 e. The first-order chi connectivity index (χ1) is 7.13. The fourth-order valence-electron chi connectivity index (χ4n) is 1.18. The molecule has 2 N–H and O–H groups in total. The van der Waals surface area contributed by atoms with E-state index in [1.807, 2.05) is 0 Å². The predicted octanol–water partition coefficient (Wildman–Crippen LogP) is 1.49. The number of carbonyl (C=O) groups is 1. The van der Waals surface area contributed by atoms with E-state index in [1.165, 1.54) is 12.8 Å². The van der Waals surface area contributed by atoms with Crippen molar-refractivity contribution < 1.29 is 9.00 Å². The van der Waals surface area contributed by atoms with E-state index in [9.17, 15) is 9.00 Å². The molecule has 5 heteroatoms. The maximum atomic E-state index is 11.4. The van der Waals surface area contributed by atoms with Crippen molar-refractivity contribution in [3.63, 3.8) is 0 Å². The molecule has 0 amide bonds. The van der Waals surface area contributed by atoms with Gasteiger partial charge in [0, 0.05) is 11.5 Å². The highest BCUT2D eigenvalue weighted by Gasteiger charge is 2.18. The maximum Gasteiger partial charge on any atom is 0.236 e. The van der Waals surface area contributed by atoms with Crippen LogP contribution in [-0.2, 0) is 15.6 Å². The van der Waals surface area contributed by atoms with Gasteiger partial charge in [-0.05, 0) is 6.42 Å². The van der Waals surface area contributed by atoms with Gasteiger partial charge in [-0.2, -0.15) is 12.6 Å². The van der Waals surface area contributed by atoms with Crippen LogP contribution < -0.4 is 5.73 Å². The average molecular weight is 251 g/mol. The van der Waals surface area contributed by atoms with Crippen LogP contribution in [0.15, 0.2) is 0 Å². The zero-order valence-electron chi connectivity index (χ0n) is 9.28. The van der Waals surface area contributed by atoms with Gasteiger partial charge in [0.1, 0.15) is 0 Å². The Balaban J connectivity index is 3.61. The highest BCUT2D eigenvalue weighted by Crippen LogP contribution is 2.04. The molecule has 0 saturated heterocycles. The number of unbranched alkanes of at least 4 members (excludes halogenated alkanes) is 4. The van der Waals surface area contributed by atoms with Crippen molar-refractivity contribution in [2.45, 2.75) is 45.1 Å². The lowest BCUT2D eigenvalue weighted by molar-refractivity contribution is -0.112. The van der Waals surface area contributed by atoms with Crippen molar-refractivity contribution in [1.29, 1.82) is 0 Å². The van der Waals surface area contributed by atoms with Crippen LogP contribution in [0.3, 0.4) is 0 Å². The fourth-order valence-corrected chi connectivity index (χ4v) is 2.56. The third-order valence-corrected chi connectivity index (χ3v) is 3.96. The second-order valence-electron chi connectivity index (χ2n) is 3.57. The van der Waals surface area contributed by atoms with Gasteiger partial charge >= 0.3 is 0 Å². The molecule has 90 valence electrons. The first kappa shape index (κ1) is 15.1. The van der Waals surface area contributed by atoms with E-state index < -0.39 is 16.8 Å². The van der Waals surface area contributed by atoms with Gasteiger partial charge in [0.05, 0.1) is 16.8 Å². The quantitative estimate of drug-likeness (QED) is 0.507. The molecule has 0 aromatic heterocycles. The average Bonchev–Trinajstić information content (AvgIpc) is 2.26. The standard InChI is InChI=1S/C10H21NO2S2/c1-2-3-4-5-6-7-15(13)10(12)9(11)8-14/h9,14H,2-8,11H2,1H3/t9-,15?/m0/s1. The summed E-state index contributed by atoms with van der Waals surface area (Å²) in [5.41, 5.74) is 5.45. The zero-order valence-corrected chi connectivity index (χ0v) is 11.0. The molecule has 0 aromatic rings. The summed E-state index contributed by atoms with van der Waals surface area (Å²) in [6, 6.07) is -0.676. The van der Waals surface area contributed by atoms with Gasteiger partial charge in [0.2, 0.25) is 5.12 Å². The molecule has 1 unspecified atom stereocenters. The van der Waals surface area contributed by atoms with Crippen LogP contribution in [0.2, 0.25) is 0 Å². The molecule has 15 heavy (non-hydrogen) atoms. The Hall–Kier alpha value is 0.130. The van der Waals surface area contributed by atoms with Gasteiger partial charge in [-0.1, -0.05) is 32.6 Å². The Labute approximate surface area is 100 Å². The number of rotatable bonds is 8. The number of thiol groups is 1. The molecule has 0 radical (unpaired) electrons. The van der Waals surface area contributed by atoms with E-state index in [0.717, 1.165) is 19.3 Å². The van der Waals surface area contributed by atoms with Crippen LogP contribution in [-0.4, -0.2) is 26.9 Å². The van der Waals surface area contributed by atoms with E-state index in [4.69, 9.17) is 5.73 Å². The second kappa shape index (κ2) is 9.36. The maximum absolute atomic E-state index is 11.4. The molecule has 0 fully saturated rings. The van der Waals surface area contributed by atoms with Gasteiger partial charge in [-0.15, -0.1) is 0 Å². The Morgan fingerprint density at radius 2 is 1.93 bits per heavy atom. The summed E-state index contributed by atoms with van der Waals surface area (Å²) in [7, 11) is -1.41. The van der Waals surface area contributed by atoms with Crippen LogP contribution in [0, 0.1) is 0 Å². The van der Waals surface area contributed by atoms with Gasteiger partial charge in [-0.3, -0.25) is 9.00 Å². The summed E-state index contributed by atoms with van der Waals surface area (Å²) in [6.45, 7) is 2.15. The van der Waals surface area contributed by atoms with Crippen LogP contribution in [0.5, 0.6) is 0 Å². The molecule has 0 saturated carbocycles. The smallest absolute Gasteiger partial charge is 0.236 e. The van der Waals surface area contributed by atoms with Crippen molar-refractivity contribution in [1.82, 2.24) is 0 Å². The van der Waals surface area contributed by atoms with E-state index in [0.29, 0.717) is 5.75 Å². The molecular formula is C10H21NO2S2. The largest absolute Gasteiger partial charge is 0.320 e. The third-order valence-electron chi connectivity index (χ3n) is 2.16. The molecular weight excluding hydrogens is 230 g/mol. The summed E-state index contributed by atoms with van der Waals surface area (Å²) in [5, 5.41) is -0.361. The molecule has 0 spiro atoms. The molecule has 3 nitrogen and oxygen atoms in total. The highest BCUT2D eigenvalue weighted by molar-refractivity contribution is 8.00. The summed E-state index contributed by atoms with van der Waals surface area (Å²) in [6.07, 6.45) is 5.43. The minimum atomic E-state index is -1.41. The van der Waals surface area contributed by atoms with Crippen molar-refractivity contribution in [2.75, 3.05) is 11.5 Å². The fraction of sp³-hybridized carbons (Fsp3) is 0.900. The lowest BCUT2D eigenvalue weighted by atomic mass is 10.2. The number of carbonyl (C=O) groups excluding carboxylic acids is 1. The van der Waals surface area contributed by atoms with E-state index in [-0.39, 0.29) is 10.9 Å². The van der Waals surface area contributed by atoms with Crippen LogP contribution in [0.4, 0.5) is 0 Å². The number of hydrogen-bond acceptors (Lipinski definition) is 4. The molecule has 0 rings (SSSR count). The van der Waals surface area contributed by atoms with Crippen LogP contribution in [0.1, 0.15) is 39.0 Å². The van der Waals surface area contributed by atoms with Gasteiger partial charge in [-0.25, -0.2) is 0 Å². The lowest BCUT2D eigenvalue weighted by Crippen LogP contribution is -2.35. The number of nitrogens with two attached hydrogens (primary N) is 1. The summed E-state index contributed by atoms with van der Waals surface area (Å²) in [5.74, 6) is 0.713. The van der Waals surface area contributed by atoms with Gasteiger partial charge in [0.15, 0.2) is 0 Å². The van der Waals surface area contributed by atoms with Gasteiger partial charge in [0.25, 0.3) is 0 Å². The summed E-state index contributed by atoms with van der Waals surface area (Å²) in [4.78, 5) is 11.3. The Morgan fingerprint density at radius 3 is 2.47 bits per heavy atom. The minimum absolute atomic E-state index is 0.264. The normalized spacial score (nSPS) is 14.9. The van der Waals surface area contributed by atoms with Crippen molar-refractivity contribution in [2.24, 2.45) is 5.73 Å². The number of hydrogen-bond donors (Lipinski definition) is 2. The molecule has 0 aliphatic carbocycles. The predicted molar refractivity (Wildman–Crippen MR) is 68.6 cm³/mol. The molecule has 0 aliphatic rings. The SMILES string of the molecule is CCCCCCCS(=O)C(=O)[C@@H](N)CS.